The lowest BCUT2D eigenvalue weighted by atomic mass is 10.1. The highest BCUT2D eigenvalue weighted by molar-refractivity contribution is 7.19. The number of hydrogen-bond donors (Lipinski definition) is 2. The topological polar surface area (TPSA) is 56.3 Å². The molecular weight excluding hydrogens is 248 g/mol. The van der Waals surface area contributed by atoms with Crippen molar-refractivity contribution >= 4 is 16.3 Å². The van der Waals surface area contributed by atoms with Crippen LogP contribution in [0.1, 0.15) is 12.5 Å². The Balaban J connectivity index is 2.58. The van der Waals surface area contributed by atoms with Crippen LogP contribution < -0.4 is 10.5 Å². The summed E-state index contributed by atoms with van der Waals surface area (Å²) in [5.74, 6) is 0.0658. The second kappa shape index (κ2) is 4.86. The number of aromatic hydroxyl groups is 1. The van der Waals surface area contributed by atoms with E-state index >= 15 is 0 Å². The first kappa shape index (κ1) is 12.7. The van der Waals surface area contributed by atoms with E-state index in [1.54, 1.807) is 11.3 Å². The molecule has 0 spiro atoms. The minimum Gasteiger partial charge on any atom is -0.507 e. The molecular formula is C13H16N2O2S. The smallest absolute Gasteiger partial charge is 0.252 e. The van der Waals surface area contributed by atoms with Gasteiger partial charge in [-0.15, -0.1) is 11.3 Å². The first-order valence-corrected chi connectivity index (χ1v) is 6.57. The highest BCUT2D eigenvalue weighted by Crippen LogP contribution is 2.35. The Morgan fingerprint density at radius 1 is 1.39 bits per heavy atom. The lowest BCUT2D eigenvalue weighted by Gasteiger charge is -2.09. The summed E-state index contributed by atoms with van der Waals surface area (Å²) in [6, 6.07) is 5.19. The number of H-pyrrole nitrogens is 1. The van der Waals surface area contributed by atoms with Crippen LogP contribution in [0.15, 0.2) is 23.0 Å². The molecule has 2 aromatic heterocycles. The maximum absolute atomic E-state index is 11.5. The average Bonchev–Trinajstić information content (AvgIpc) is 2.77. The van der Waals surface area contributed by atoms with Crippen LogP contribution in [0.5, 0.6) is 5.75 Å². The van der Waals surface area contributed by atoms with Crippen LogP contribution in [0.3, 0.4) is 0 Å². The Morgan fingerprint density at radius 2 is 2.11 bits per heavy atom. The predicted octanol–water partition coefficient (Wildman–Crippen LogP) is 2.44. The third-order valence-corrected chi connectivity index (χ3v) is 4.03. The highest BCUT2D eigenvalue weighted by Gasteiger charge is 2.13. The summed E-state index contributed by atoms with van der Waals surface area (Å²) in [6.07, 6.45) is 0.674. The van der Waals surface area contributed by atoms with E-state index in [4.69, 9.17) is 0 Å². The third-order valence-electron chi connectivity index (χ3n) is 2.76. The molecule has 0 fully saturated rings. The first-order chi connectivity index (χ1) is 8.52. The molecule has 18 heavy (non-hydrogen) atoms. The van der Waals surface area contributed by atoms with Crippen LogP contribution in [-0.4, -0.2) is 24.2 Å². The van der Waals surface area contributed by atoms with Crippen molar-refractivity contribution in [1.82, 2.24) is 4.98 Å². The SMILES string of the molecule is CCc1c(O)cc(=O)[nH]c1-c1ccc(N(C)C)s1. The Morgan fingerprint density at radius 3 is 2.67 bits per heavy atom. The first-order valence-electron chi connectivity index (χ1n) is 5.75. The Bertz CT molecular complexity index is 614. The Hall–Kier alpha value is -1.75. The molecule has 4 nitrogen and oxygen atoms in total. The molecule has 2 aromatic rings. The molecule has 0 aliphatic heterocycles. The van der Waals surface area contributed by atoms with Gasteiger partial charge in [-0.3, -0.25) is 4.79 Å². The fraction of sp³-hybridized carbons (Fsp3) is 0.308. The van der Waals surface area contributed by atoms with Crippen molar-refractivity contribution in [3.8, 4) is 16.3 Å². The number of pyridine rings is 1. The summed E-state index contributed by atoms with van der Waals surface area (Å²) in [4.78, 5) is 17.3. The number of nitrogens with one attached hydrogen (secondary N) is 1. The molecule has 5 heteroatoms. The van der Waals surface area contributed by atoms with Crippen molar-refractivity contribution in [2.45, 2.75) is 13.3 Å². The Labute approximate surface area is 110 Å². The largest absolute Gasteiger partial charge is 0.507 e. The average molecular weight is 264 g/mol. The lowest BCUT2D eigenvalue weighted by Crippen LogP contribution is -2.07. The molecule has 0 amide bonds. The molecule has 0 aliphatic carbocycles. The maximum Gasteiger partial charge on any atom is 0.252 e. The zero-order valence-electron chi connectivity index (χ0n) is 10.7. The van der Waals surface area contributed by atoms with Crippen molar-refractivity contribution in [2.75, 3.05) is 19.0 Å². The van der Waals surface area contributed by atoms with Crippen molar-refractivity contribution in [3.05, 3.63) is 34.1 Å². The van der Waals surface area contributed by atoms with Gasteiger partial charge in [-0.1, -0.05) is 6.92 Å². The predicted molar refractivity (Wildman–Crippen MR) is 75.7 cm³/mol. The number of aromatic nitrogens is 1. The van der Waals surface area contributed by atoms with Gasteiger partial charge in [-0.2, -0.15) is 0 Å². The van der Waals surface area contributed by atoms with E-state index in [1.165, 1.54) is 6.07 Å². The molecule has 0 aromatic carbocycles. The molecule has 0 saturated heterocycles. The van der Waals surface area contributed by atoms with Crippen LogP contribution in [0.25, 0.3) is 10.6 Å². The van der Waals surface area contributed by atoms with E-state index in [2.05, 4.69) is 4.98 Å². The maximum atomic E-state index is 11.5. The fourth-order valence-corrected chi connectivity index (χ4v) is 2.80. The zero-order valence-corrected chi connectivity index (χ0v) is 11.5. The number of thiophene rings is 1. The lowest BCUT2D eigenvalue weighted by molar-refractivity contribution is 0.467. The van der Waals surface area contributed by atoms with Crippen LogP contribution in [0, 0.1) is 0 Å². The van der Waals surface area contributed by atoms with E-state index < -0.39 is 0 Å². The van der Waals surface area contributed by atoms with Crippen molar-refractivity contribution in [3.63, 3.8) is 0 Å². The van der Waals surface area contributed by atoms with Gasteiger partial charge in [0.05, 0.1) is 15.6 Å². The van der Waals surface area contributed by atoms with Crippen LogP contribution in [0.2, 0.25) is 0 Å². The summed E-state index contributed by atoms with van der Waals surface area (Å²) in [5, 5.41) is 10.9. The number of hydrogen-bond acceptors (Lipinski definition) is 4. The molecule has 0 radical (unpaired) electrons. The standard InChI is InChI=1S/C13H16N2O2S/c1-4-8-9(16)7-11(17)14-13(8)10-5-6-12(18-10)15(2)3/h5-7H,4H2,1-3H3,(H2,14,16,17). The second-order valence-electron chi connectivity index (χ2n) is 4.26. The molecule has 2 heterocycles. The Kier molecular flexibility index (Phi) is 3.43. The van der Waals surface area contributed by atoms with Crippen LogP contribution in [-0.2, 0) is 6.42 Å². The monoisotopic (exact) mass is 264 g/mol. The van der Waals surface area contributed by atoms with Crippen LogP contribution >= 0.6 is 11.3 Å². The summed E-state index contributed by atoms with van der Waals surface area (Å²) < 4.78 is 0. The van der Waals surface area contributed by atoms with E-state index in [-0.39, 0.29) is 11.3 Å². The van der Waals surface area contributed by atoms with Crippen molar-refractivity contribution in [2.24, 2.45) is 0 Å². The van der Waals surface area contributed by atoms with Gasteiger partial charge in [0.1, 0.15) is 5.75 Å². The summed E-state index contributed by atoms with van der Waals surface area (Å²) >= 11 is 1.59. The summed E-state index contributed by atoms with van der Waals surface area (Å²) in [7, 11) is 3.95. The third kappa shape index (κ3) is 2.26. The zero-order chi connectivity index (χ0) is 13.3. The number of nitrogens with zero attached hydrogens (tertiary/aromatic N) is 1. The number of anilines is 1. The summed E-state index contributed by atoms with van der Waals surface area (Å²) in [6.45, 7) is 1.96. The van der Waals surface area contributed by atoms with Crippen molar-refractivity contribution < 1.29 is 5.11 Å². The number of aromatic amines is 1. The van der Waals surface area contributed by atoms with Gasteiger partial charge < -0.3 is 15.0 Å². The molecule has 0 aliphatic rings. The molecule has 0 unspecified atom stereocenters. The van der Waals surface area contributed by atoms with Gasteiger partial charge in [0.2, 0.25) is 0 Å². The molecule has 2 rings (SSSR count). The van der Waals surface area contributed by atoms with Gasteiger partial charge in [0, 0.05) is 25.7 Å². The van der Waals surface area contributed by atoms with Crippen LogP contribution in [0.4, 0.5) is 5.00 Å². The number of rotatable bonds is 3. The quantitative estimate of drug-likeness (QED) is 0.895. The minimum atomic E-state index is -0.278. The highest BCUT2D eigenvalue weighted by atomic mass is 32.1. The van der Waals surface area contributed by atoms with E-state index in [0.717, 1.165) is 21.1 Å². The van der Waals surface area contributed by atoms with Crippen molar-refractivity contribution in [1.29, 1.82) is 0 Å². The van der Waals surface area contributed by atoms with Gasteiger partial charge >= 0.3 is 0 Å². The van der Waals surface area contributed by atoms with Gasteiger partial charge in [-0.05, 0) is 18.6 Å². The molecule has 0 atom stereocenters. The van der Waals surface area contributed by atoms with Gasteiger partial charge in [0.25, 0.3) is 5.56 Å². The normalized spacial score (nSPS) is 10.6. The van der Waals surface area contributed by atoms with Gasteiger partial charge in [0.15, 0.2) is 0 Å². The van der Waals surface area contributed by atoms with Gasteiger partial charge in [-0.25, -0.2) is 0 Å². The van der Waals surface area contributed by atoms with E-state index in [1.807, 2.05) is 38.1 Å². The van der Waals surface area contributed by atoms with E-state index in [9.17, 15) is 9.90 Å². The fourth-order valence-electron chi connectivity index (χ4n) is 1.84. The minimum absolute atomic E-state index is 0.0658. The van der Waals surface area contributed by atoms with E-state index in [0.29, 0.717) is 6.42 Å². The molecule has 0 bridgehead atoms. The molecule has 2 N–H and O–H groups in total. The second-order valence-corrected chi connectivity index (χ2v) is 5.32. The molecule has 0 saturated carbocycles. The molecule has 96 valence electrons. The summed E-state index contributed by atoms with van der Waals surface area (Å²) in [5.41, 5.74) is 1.22.